The second kappa shape index (κ2) is 4.29. The highest BCUT2D eigenvalue weighted by molar-refractivity contribution is 7.14. The molecule has 0 saturated heterocycles. The highest BCUT2D eigenvalue weighted by atomic mass is 32.1. The molecule has 0 aromatic carbocycles. The summed E-state index contributed by atoms with van der Waals surface area (Å²) in [6.45, 7) is 6.22. The van der Waals surface area contributed by atoms with Crippen LogP contribution >= 0.6 is 11.3 Å². The van der Waals surface area contributed by atoms with E-state index in [1.54, 1.807) is 0 Å². The number of thiazole rings is 1. The summed E-state index contributed by atoms with van der Waals surface area (Å²) >= 11 is 1.40. The van der Waals surface area contributed by atoms with Gasteiger partial charge in [0, 0.05) is 16.9 Å². The topological polar surface area (TPSA) is 68.0 Å². The van der Waals surface area contributed by atoms with E-state index in [1.807, 2.05) is 5.38 Å². The van der Waals surface area contributed by atoms with Crippen molar-refractivity contribution in [3.8, 4) is 0 Å². The lowest BCUT2D eigenvalue weighted by atomic mass is 9.93. The van der Waals surface area contributed by atoms with Crippen molar-refractivity contribution in [2.75, 3.05) is 5.32 Å². The van der Waals surface area contributed by atoms with E-state index in [4.69, 9.17) is 4.52 Å². The summed E-state index contributed by atoms with van der Waals surface area (Å²) in [5.74, 6) is -0.158. The first-order valence-electron chi connectivity index (χ1n) is 5.15. The molecule has 0 radical (unpaired) electrons. The van der Waals surface area contributed by atoms with Crippen LogP contribution in [0, 0.1) is 0 Å². The molecule has 2 heterocycles. The van der Waals surface area contributed by atoms with E-state index < -0.39 is 0 Å². The summed E-state index contributed by atoms with van der Waals surface area (Å²) in [4.78, 5) is 16.0. The van der Waals surface area contributed by atoms with Crippen molar-refractivity contribution in [3.05, 3.63) is 29.1 Å². The monoisotopic (exact) mass is 251 g/mol. The van der Waals surface area contributed by atoms with Crippen LogP contribution in [-0.4, -0.2) is 16.0 Å². The normalized spacial score (nSPS) is 11.5. The van der Waals surface area contributed by atoms with E-state index in [2.05, 4.69) is 36.2 Å². The Kier molecular flexibility index (Phi) is 2.97. The first kappa shape index (κ1) is 11.8. The molecule has 0 aliphatic carbocycles. The molecule has 1 amide bonds. The minimum Gasteiger partial charge on any atom is -0.351 e. The van der Waals surface area contributed by atoms with Crippen LogP contribution in [0.15, 0.2) is 22.2 Å². The van der Waals surface area contributed by atoms with E-state index in [0.29, 0.717) is 5.13 Å². The van der Waals surface area contributed by atoms with Crippen LogP contribution < -0.4 is 5.32 Å². The lowest BCUT2D eigenvalue weighted by Crippen LogP contribution is -2.13. The number of hydrogen-bond acceptors (Lipinski definition) is 5. The van der Waals surface area contributed by atoms with Crippen LogP contribution in [0.3, 0.4) is 0 Å². The Morgan fingerprint density at radius 3 is 2.76 bits per heavy atom. The van der Waals surface area contributed by atoms with Crippen molar-refractivity contribution < 1.29 is 9.32 Å². The number of amides is 1. The fraction of sp³-hybridized carbons (Fsp3) is 0.364. The van der Waals surface area contributed by atoms with Gasteiger partial charge in [0.15, 0.2) is 5.13 Å². The standard InChI is InChI=1S/C11H13N3O2S/c1-11(2,3)8-6-17-10(13-8)14-9(15)7-4-5-12-16-7/h4-6H,1-3H3,(H,13,14,15). The van der Waals surface area contributed by atoms with Crippen molar-refractivity contribution in [1.82, 2.24) is 10.1 Å². The van der Waals surface area contributed by atoms with Gasteiger partial charge in [0.05, 0.1) is 11.9 Å². The Morgan fingerprint density at radius 2 is 2.24 bits per heavy atom. The number of carbonyl (C=O) groups is 1. The van der Waals surface area contributed by atoms with E-state index in [-0.39, 0.29) is 17.1 Å². The number of nitrogens with zero attached hydrogens (tertiary/aromatic N) is 2. The molecule has 0 fully saturated rings. The van der Waals surface area contributed by atoms with E-state index in [0.717, 1.165) is 5.69 Å². The van der Waals surface area contributed by atoms with Gasteiger partial charge in [0.1, 0.15) is 0 Å². The summed E-state index contributed by atoms with van der Waals surface area (Å²) in [5.41, 5.74) is 0.932. The van der Waals surface area contributed by atoms with Gasteiger partial charge < -0.3 is 4.52 Å². The number of nitrogens with one attached hydrogen (secondary N) is 1. The molecule has 2 aromatic heterocycles. The van der Waals surface area contributed by atoms with Crippen LogP contribution in [0.1, 0.15) is 37.0 Å². The predicted molar refractivity (Wildman–Crippen MR) is 65.3 cm³/mol. The molecule has 0 spiro atoms. The van der Waals surface area contributed by atoms with Crippen molar-refractivity contribution in [2.24, 2.45) is 0 Å². The molecule has 0 unspecified atom stereocenters. The third-order valence-electron chi connectivity index (χ3n) is 2.15. The maximum absolute atomic E-state index is 11.7. The molecule has 0 saturated carbocycles. The largest absolute Gasteiger partial charge is 0.351 e. The maximum Gasteiger partial charge on any atom is 0.296 e. The summed E-state index contributed by atoms with van der Waals surface area (Å²) < 4.78 is 4.76. The molecule has 0 aliphatic rings. The number of hydrogen-bond donors (Lipinski definition) is 1. The first-order chi connectivity index (χ1) is 7.97. The molecule has 2 aromatic rings. The molecule has 1 N–H and O–H groups in total. The second-order valence-electron chi connectivity index (χ2n) is 4.62. The number of anilines is 1. The number of aromatic nitrogens is 2. The molecule has 5 nitrogen and oxygen atoms in total. The molecule has 0 atom stereocenters. The van der Waals surface area contributed by atoms with Crippen LogP contribution in [0.25, 0.3) is 0 Å². The first-order valence-corrected chi connectivity index (χ1v) is 6.03. The quantitative estimate of drug-likeness (QED) is 0.891. The molecular weight excluding hydrogens is 238 g/mol. The fourth-order valence-electron chi connectivity index (χ4n) is 1.17. The van der Waals surface area contributed by atoms with Crippen molar-refractivity contribution in [3.63, 3.8) is 0 Å². The molecule has 17 heavy (non-hydrogen) atoms. The average molecular weight is 251 g/mol. The highest BCUT2D eigenvalue weighted by Gasteiger charge is 2.19. The minimum atomic E-state index is -0.336. The summed E-state index contributed by atoms with van der Waals surface area (Å²) in [7, 11) is 0. The predicted octanol–water partition coefficient (Wildman–Crippen LogP) is 2.68. The number of carbonyl (C=O) groups excluding carboxylic acids is 1. The lowest BCUT2D eigenvalue weighted by molar-refractivity contribution is 0.0988. The number of rotatable bonds is 2. The summed E-state index contributed by atoms with van der Waals surface area (Å²) in [5, 5.41) is 8.65. The van der Waals surface area contributed by atoms with Crippen LogP contribution in [0.4, 0.5) is 5.13 Å². The zero-order valence-corrected chi connectivity index (χ0v) is 10.7. The van der Waals surface area contributed by atoms with E-state index in [1.165, 1.54) is 23.6 Å². The smallest absolute Gasteiger partial charge is 0.296 e. The van der Waals surface area contributed by atoms with Gasteiger partial charge in [-0.2, -0.15) is 0 Å². The Labute approximate surface area is 103 Å². The molecule has 90 valence electrons. The van der Waals surface area contributed by atoms with Crippen molar-refractivity contribution >= 4 is 22.4 Å². The van der Waals surface area contributed by atoms with Gasteiger partial charge in [-0.3, -0.25) is 10.1 Å². The lowest BCUT2D eigenvalue weighted by Gasteiger charge is -2.14. The molecule has 2 rings (SSSR count). The van der Waals surface area contributed by atoms with Crippen LogP contribution in [-0.2, 0) is 5.41 Å². The highest BCUT2D eigenvalue weighted by Crippen LogP contribution is 2.26. The van der Waals surface area contributed by atoms with Crippen LogP contribution in [0.5, 0.6) is 0 Å². The third-order valence-corrected chi connectivity index (χ3v) is 2.91. The van der Waals surface area contributed by atoms with E-state index in [9.17, 15) is 4.79 Å². The van der Waals surface area contributed by atoms with Gasteiger partial charge in [0.25, 0.3) is 5.91 Å². The second-order valence-corrected chi connectivity index (χ2v) is 5.48. The fourth-order valence-corrected chi connectivity index (χ4v) is 2.10. The van der Waals surface area contributed by atoms with Gasteiger partial charge in [0.2, 0.25) is 5.76 Å². The van der Waals surface area contributed by atoms with Crippen molar-refractivity contribution in [2.45, 2.75) is 26.2 Å². The van der Waals surface area contributed by atoms with Gasteiger partial charge in [-0.25, -0.2) is 4.98 Å². The minimum absolute atomic E-state index is 0.0221. The SMILES string of the molecule is CC(C)(C)c1csc(NC(=O)c2ccno2)n1. The molecule has 0 bridgehead atoms. The average Bonchev–Trinajstić information content (AvgIpc) is 2.85. The third kappa shape index (κ3) is 2.71. The molecular formula is C11H13N3O2S. The van der Waals surface area contributed by atoms with Gasteiger partial charge >= 0.3 is 0 Å². The molecule has 0 aliphatic heterocycles. The van der Waals surface area contributed by atoms with Crippen LogP contribution in [0.2, 0.25) is 0 Å². The zero-order chi connectivity index (χ0) is 12.5. The summed E-state index contributed by atoms with van der Waals surface area (Å²) in [6, 6.07) is 1.51. The Morgan fingerprint density at radius 1 is 1.47 bits per heavy atom. The van der Waals surface area contributed by atoms with Gasteiger partial charge in [-0.1, -0.05) is 25.9 Å². The Balaban J connectivity index is 2.10. The Hall–Kier alpha value is -1.69. The Bertz CT molecular complexity index is 511. The van der Waals surface area contributed by atoms with Gasteiger partial charge in [-0.05, 0) is 0 Å². The van der Waals surface area contributed by atoms with E-state index >= 15 is 0 Å². The van der Waals surface area contributed by atoms with Crippen molar-refractivity contribution in [1.29, 1.82) is 0 Å². The zero-order valence-electron chi connectivity index (χ0n) is 9.85. The molecule has 6 heteroatoms. The van der Waals surface area contributed by atoms with Gasteiger partial charge in [-0.15, -0.1) is 11.3 Å². The summed E-state index contributed by atoms with van der Waals surface area (Å²) in [6.07, 6.45) is 1.43. The maximum atomic E-state index is 11.7.